The molecule has 25 heavy (non-hydrogen) atoms. The molecule has 1 heterocycles. The van der Waals surface area contributed by atoms with Crippen LogP contribution in [0.15, 0.2) is 42.5 Å². The molecule has 2 aromatic carbocycles. The first kappa shape index (κ1) is 17.3. The van der Waals surface area contributed by atoms with Crippen molar-refractivity contribution >= 4 is 67.6 Å². The molecule has 1 N–H and O–H groups in total. The number of rotatable bonds is 4. The van der Waals surface area contributed by atoms with Gasteiger partial charge >= 0.3 is 0 Å². The fourth-order valence-corrected chi connectivity index (χ4v) is 3.22. The minimum absolute atomic E-state index is 0.0199. The van der Waals surface area contributed by atoms with Crippen LogP contribution < -0.4 is 5.32 Å². The molecule has 9 heteroatoms. The van der Waals surface area contributed by atoms with Crippen molar-refractivity contribution in [2.45, 2.75) is 0 Å². The molecule has 0 spiro atoms. The molecule has 126 valence electrons. The second-order valence-electron chi connectivity index (χ2n) is 4.92. The topological polar surface area (TPSA) is 85.1 Å². The summed E-state index contributed by atoms with van der Waals surface area (Å²) in [4.78, 5) is 26.5. The van der Waals surface area contributed by atoms with Crippen LogP contribution in [0.4, 0.5) is 10.8 Å². The summed E-state index contributed by atoms with van der Waals surface area (Å²) >= 11 is 12.9. The quantitative estimate of drug-likeness (QED) is 0.376. The third-order valence-electron chi connectivity index (χ3n) is 3.18. The van der Waals surface area contributed by atoms with Crippen molar-refractivity contribution in [1.29, 1.82) is 0 Å². The van der Waals surface area contributed by atoms with E-state index in [1.165, 1.54) is 18.2 Å². The van der Waals surface area contributed by atoms with E-state index in [0.717, 1.165) is 16.9 Å². The lowest BCUT2D eigenvalue weighted by Gasteiger charge is -1.98. The van der Waals surface area contributed by atoms with Gasteiger partial charge in [-0.2, -0.15) is 0 Å². The third kappa shape index (κ3) is 4.14. The molecule has 6 nitrogen and oxygen atoms in total. The van der Waals surface area contributed by atoms with Crippen LogP contribution in [0.2, 0.25) is 10.0 Å². The Labute approximate surface area is 155 Å². The number of hydrogen-bond donors (Lipinski definition) is 1. The molecule has 3 rings (SSSR count). The molecule has 0 unspecified atom stereocenters. The fourth-order valence-electron chi connectivity index (χ4n) is 2.02. The van der Waals surface area contributed by atoms with Crippen LogP contribution in [0.3, 0.4) is 0 Å². The third-order valence-corrected chi connectivity index (χ3v) is 4.86. The fraction of sp³-hybridized carbons (Fsp3) is 0. The Hall–Kier alpha value is -2.48. The molecule has 3 aromatic rings. The van der Waals surface area contributed by atoms with Gasteiger partial charge < -0.3 is 0 Å². The number of hydrogen-bond acceptors (Lipinski definition) is 5. The van der Waals surface area contributed by atoms with Crippen molar-refractivity contribution in [3.63, 3.8) is 0 Å². The lowest BCUT2D eigenvalue weighted by molar-refractivity contribution is -0.384. The van der Waals surface area contributed by atoms with Crippen LogP contribution in [0.1, 0.15) is 5.56 Å². The predicted molar refractivity (Wildman–Crippen MR) is 100 cm³/mol. The Morgan fingerprint density at radius 2 is 2.00 bits per heavy atom. The minimum Gasteiger partial charge on any atom is -0.298 e. The second-order valence-corrected chi connectivity index (χ2v) is 6.77. The summed E-state index contributed by atoms with van der Waals surface area (Å²) in [7, 11) is 0. The molecule has 0 saturated carbocycles. The van der Waals surface area contributed by atoms with Crippen molar-refractivity contribution in [2.75, 3.05) is 5.32 Å². The van der Waals surface area contributed by atoms with E-state index in [1.54, 1.807) is 30.3 Å². The first-order chi connectivity index (χ1) is 11.9. The van der Waals surface area contributed by atoms with Crippen LogP contribution in [-0.2, 0) is 4.79 Å². The van der Waals surface area contributed by atoms with E-state index in [1.807, 2.05) is 0 Å². The molecule has 1 amide bonds. The van der Waals surface area contributed by atoms with Crippen LogP contribution in [-0.4, -0.2) is 15.8 Å². The number of carbonyl (C=O) groups is 1. The summed E-state index contributed by atoms with van der Waals surface area (Å²) in [6.45, 7) is 0. The van der Waals surface area contributed by atoms with Gasteiger partial charge in [0.1, 0.15) is 0 Å². The van der Waals surface area contributed by atoms with Gasteiger partial charge in [0.05, 0.1) is 25.2 Å². The molecule has 0 saturated heterocycles. The zero-order valence-electron chi connectivity index (χ0n) is 12.4. The summed E-state index contributed by atoms with van der Waals surface area (Å²) < 4.78 is 0.623. The normalized spacial score (nSPS) is 11.1. The van der Waals surface area contributed by atoms with Crippen molar-refractivity contribution in [3.8, 4) is 0 Å². The van der Waals surface area contributed by atoms with Gasteiger partial charge in [0.15, 0.2) is 5.13 Å². The van der Waals surface area contributed by atoms with E-state index in [2.05, 4.69) is 10.3 Å². The van der Waals surface area contributed by atoms with Crippen LogP contribution >= 0.6 is 34.5 Å². The van der Waals surface area contributed by atoms with Gasteiger partial charge in [-0.05, 0) is 29.8 Å². The molecule has 0 bridgehead atoms. The molecular weight excluding hydrogens is 385 g/mol. The maximum atomic E-state index is 12.0. The number of nitro groups is 1. The average molecular weight is 394 g/mol. The molecule has 0 aliphatic rings. The number of nitro benzene ring substituents is 1. The molecule has 1 aromatic heterocycles. The monoisotopic (exact) mass is 393 g/mol. The van der Waals surface area contributed by atoms with Crippen LogP contribution in [0.25, 0.3) is 16.3 Å². The van der Waals surface area contributed by atoms with Crippen molar-refractivity contribution in [1.82, 2.24) is 4.98 Å². The zero-order valence-corrected chi connectivity index (χ0v) is 14.7. The Bertz CT molecular complexity index is 1020. The predicted octanol–water partition coefficient (Wildman–Crippen LogP) is 5.16. The first-order valence-corrected chi connectivity index (χ1v) is 8.49. The Morgan fingerprint density at radius 1 is 1.20 bits per heavy atom. The number of non-ortho nitro benzene ring substituents is 1. The highest BCUT2D eigenvalue weighted by Gasteiger charge is 2.11. The molecule has 0 fully saturated rings. The standard InChI is InChI=1S/C16H9Cl2N3O3S/c17-11-4-1-9(7-12(11)18)2-6-15(22)20-16-19-13-5-3-10(21(23)24)8-14(13)25-16/h1-8H,(H,19,20,22). The summed E-state index contributed by atoms with van der Waals surface area (Å²) in [6, 6.07) is 9.36. The van der Waals surface area contributed by atoms with Gasteiger partial charge in [-0.15, -0.1) is 0 Å². The van der Waals surface area contributed by atoms with E-state index < -0.39 is 4.92 Å². The zero-order chi connectivity index (χ0) is 18.0. The second kappa shape index (κ2) is 7.18. The lowest BCUT2D eigenvalue weighted by Crippen LogP contribution is -2.07. The maximum absolute atomic E-state index is 12.0. The first-order valence-electron chi connectivity index (χ1n) is 6.91. The molecule has 0 aliphatic carbocycles. The Balaban J connectivity index is 1.74. The van der Waals surface area contributed by atoms with E-state index in [-0.39, 0.29) is 11.6 Å². The number of carbonyl (C=O) groups excluding carboxylic acids is 1. The number of anilines is 1. The summed E-state index contributed by atoms with van der Waals surface area (Å²) in [5, 5.41) is 14.6. The number of amides is 1. The number of nitrogens with zero attached hydrogens (tertiary/aromatic N) is 2. The van der Waals surface area contributed by atoms with Crippen LogP contribution in [0, 0.1) is 10.1 Å². The lowest BCUT2D eigenvalue weighted by atomic mass is 10.2. The van der Waals surface area contributed by atoms with Crippen molar-refractivity contribution in [3.05, 3.63) is 68.2 Å². The number of fused-ring (bicyclic) bond motifs is 1. The van der Waals surface area contributed by atoms with Gasteiger partial charge in [-0.1, -0.05) is 40.6 Å². The number of aromatic nitrogens is 1. The number of thiazole rings is 1. The van der Waals surface area contributed by atoms with Crippen LogP contribution in [0.5, 0.6) is 0 Å². The highest BCUT2D eigenvalue weighted by molar-refractivity contribution is 7.22. The van der Waals surface area contributed by atoms with Gasteiger partial charge in [-0.25, -0.2) is 4.98 Å². The molecular formula is C16H9Cl2N3O3S. The Morgan fingerprint density at radius 3 is 2.72 bits per heavy atom. The smallest absolute Gasteiger partial charge is 0.270 e. The van der Waals surface area contributed by atoms with E-state index >= 15 is 0 Å². The summed E-state index contributed by atoms with van der Waals surface area (Å²) in [5.74, 6) is -0.375. The largest absolute Gasteiger partial charge is 0.298 e. The highest BCUT2D eigenvalue weighted by atomic mass is 35.5. The maximum Gasteiger partial charge on any atom is 0.270 e. The summed E-state index contributed by atoms with van der Waals surface area (Å²) in [6.07, 6.45) is 2.93. The van der Waals surface area contributed by atoms with E-state index in [4.69, 9.17) is 23.2 Å². The minimum atomic E-state index is -0.475. The summed E-state index contributed by atoms with van der Waals surface area (Å²) in [5.41, 5.74) is 1.29. The van der Waals surface area contributed by atoms with E-state index in [0.29, 0.717) is 25.4 Å². The number of benzene rings is 2. The molecule has 0 aliphatic heterocycles. The van der Waals surface area contributed by atoms with Crippen molar-refractivity contribution in [2.24, 2.45) is 0 Å². The van der Waals surface area contributed by atoms with Gasteiger partial charge in [0.2, 0.25) is 5.91 Å². The average Bonchev–Trinajstić information content (AvgIpc) is 2.97. The Kier molecular flexibility index (Phi) is 4.98. The molecule has 0 atom stereocenters. The van der Waals surface area contributed by atoms with Crippen molar-refractivity contribution < 1.29 is 9.72 Å². The molecule has 0 radical (unpaired) electrons. The number of halogens is 2. The van der Waals surface area contributed by atoms with Gasteiger partial charge in [0, 0.05) is 18.2 Å². The van der Waals surface area contributed by atoms with E-state index in [9.17, 15) is 14.9 Å². The van der Waals surface area contributed by atoms with Gasteiger partial charge in [-0.3, -0.25) is 20.2 Å². The van der Waals surface area contributed by atoms with Gasteiger partial charge in [0.25, 0.3) is 5.69 Å². The number of nitrogens with one attached hydrogen (secondary N) is 1. The highest BCUT2D eigenvalue weighted by Crippen LogP contribution is 2.29. The SMILES string of the molecule is O=C(C=Cc1ccc(Cl)c(Cl)c1)Nc1nc2ccc([N+](=O)[O-])cc2s1.